The number of anilines is 1. The average Bonchev–Trinajstić information content (AvgIpc) is 3.00. The number of carbonyl (C=O) groups excluding carboxylic acids is 3. The van der Waals surface area contributed by atoms with Crippen molar-refractivity contribution in [2.24, 2.45) is 5.73 Å². The number of carbonyl (C=O) groups is 3. The quantitative estimate of drug-likeness (QED) is 0.532. The second-order valence-electron chi connectivity index (χ2n) is 5.98. The molecule has 0 spiro atoms. The fourth-order valence-electron chi connectivity index (χ4n) is 2.75. The highest BCUT2D eigenvalue weighted by molar-refractivity contribution is 6.31. The van der Waals surface area contributed by atoms with Crippen molar-refractivity contribution < 1.29 is 28.6 Å². The summed E-state index contributed by atoms with van der Waals surface area (Å²) in [6, 6.07) is 11.8. The minimum absolute atomic E-state index is 0.0521. The highest BCUT2D eigenvalue weighted by atomic mass is 16.5. The lowest BCUT2D eigenvalue weighted by atomic mass is 10.1. The first-order valence-electron chi connectivity index (χ1n) is 8.54. The first-order chi connectivity index (χ1) is 13.9. The maximum atomic E-state index is 12.7. The number of hydrazine groups is 1. The smallest absolute Gasteiger partial charge is 0.282 e. The van der Waals surface area contributed by atoms with Crippen LogP contribution >= 0.6 is 0 Å². The van der Waals surface area contributed by atoms with Gasteiger partial charge >= 0.3 is 0 Å². The van der Waals surface area contributed by atoms with Gasteiger partial charge in [-0.05, 0) is 35.9 Å². The summed E-state index contributed by atoms with van der Waals surface area (Å²) in [5.74, 6) is -0.996. The number of amides is 3. The zero-order chi connectivity index (χ0) is 21.0. The predicted molar refractivity (Wildman–Crippen MR) is 104 cm³/mol. The van der Waals surface area contributed by atoms with Crippen molar-refractivity contribution in [1.29, 1.82) is 0 Å². The topological polar surface area (TPSA) is 120 Å². The summed E-state index contributed by atoms with van der Waals surface area (Å²) in [6.45, 7) is -0.361. The van der Waals surface area contributed by atoms with Gasteiger partial charge in [-0.15, -0.1) is 0 Å². The second kappa shape index (κ2) is 8.34. The van der Waals surface area contributed by atoms with Crippen LogP contribution < -0.4 is 30.4 Å². The van der Waals surface area contributed by atoms with Gasteiger partial charge in [0.05, 0.1) is 19.9 Å². The highest BCUT2D eigenvalue weighted by Gasteiger charge is 2.34. The Hall–Kier alpha value is -4.01. The monoisotopic (exact) mass is 397 g/mol. The number of primary amides is 1. The molecule has 9 nitrogen and oxygen atoms in total. The Morgan fingerprint density at radius 3 is 2.28 bits per heavy atom. The Labute approximate surface area is 166 Å². The van der Waals surface area contributed by atoms with Crippen LogP contribution in [-0.2, 0) is 14.4 Å². The molecular weight excluding hydrogens is 378 g/mol. The number of methoxy groups -OCH3 is 2. The minimum Gasteiger partial charge on any atom is -0.493 e. The van der Waals surface area contributed by atoms with Crippen molar-refractivity contribution in [2.45, 2.75) is 0 Å². The lowest BCUT2D eigenvalue weighted by molar-refractivity contribution is -0.120. The number of para-hydroxylation sites is 1. The van der Waals surface area contributed by atoms with E-state index in [9.17, 15) is 14.4 Å². The summed E-state index contributed by atoms with van der Waals surface area (Å²) in [7, 11) is 2.82. The standard InChI is InChI=1S/C20H19N3O6/c1-27-15-9-12(10-16(28-2)18(15)29-11-17(21)24)8-14-19(25)22-23(20(14)26)13-6-4-3-5-7-13/h3-10H,11H2,1-2H3,(H2,21,24)(H,22,25)/b14-8-. The first kappa shape index (κ1) is 19.7. The van der Waals surface area contributed by atoms with Gasteiger partial charge < -0.3 is 19.9 Å². The molecule has 0 saturated carbocycles. The van der Waals surface area contributed by atoms with Crippen LogP contribution in [0.15, 0.2) is 48.0 Å². The van der Waals surface area contributed by atoms with E-state index in [0.717, 1.165) is 0 Å². The van der Waals surface area contributed by atoms with E-state index < -0.39 is 17.7 Å². The summed E-state index contributed by atoms with van der Waals surface area (Å²) in [4.78, 5) is 36.1. The second-order valence-corrected chi connectivity index (χ2v) is 5.98. The normalized spacial score (nSPS) is 14.7. The van der Waals surface area contributed by atoms with Gasteiger partial charge in [0.25, 0.3) is 17.7 Å². The van der Waals surface area contributed by atoms with Gasteiger partial charge in [0.1, 0.15) is 5.57 Å². The molecule has 0 aliphatic carbocycles. The molecule has 2 aromatic rings. The summed E-state index contributed by atoms with van der Waals surface area (Å²) >= 11 is 0. The Kier molecular flexibility index (Phi) is 5.68. The van der Waals surface area contributed by atoms with Crippen LogP contribution in [0, 0.1) is 0 Å². The van der Waals surface area contributed by atoms with Crippen LogP contribution in [-0.4, -0.2) is 38.5 Å². The van der Waals surface area contributed by atoms with Gasteiger partial charge in [0, 0.05) is 0 Å². The van der Waals surface area contributed by atoms with Gasteiger partial charge in [-0.1, -0.05) is 18.2 Å². The van der Waals surface area contributed by atoms with Crippen molar-refractivity contribution in [3.8, 4) is 17.2 Å². The molecule has 0 radical (unpaired) electrons. The van der Waals surface area contributed by atoms with Gasteiger partial charge in [0.2, 0.25) is 5.75 Å². The number of benzene rings is 2. The van der Waals surface area contributed by atoms with Gasteiger partial charge in [-0.25, -0.2) is 5.01 Å². The predicted octanol–water partition coefficient (Wildman–Crippen LogP) is 1.03. The number of nitrogens with one attached hydrogen (secondary N) is 1. The van der Waals surface area contributed by atoms with E-state index in [1.165, 1.54) is 25.3 Å². The molecule has 0 atom stereocenters. The number of hydrogen-bond donors (Lipinski definition) is 2. The number of ether oxygens (including phenoxy) is 3. The van der Waals surface area contributed by atoms with Gasteiger partial charge in [-0.2, -0.15) is 0 Å². The number of nitrogens with zero attached hydrogens (tertiary/aromatic N) is 1. The molecular formula is C20H19N3O6. The molecule has 1 aliphatic rings. The Balaban J connectivity index is 1.96. The first-order valence-corrected chi connectivity index (χ1v) is 8.54. The van der Waals surface area contributed by atoms with Crippen molar-refractivity contribution >= 4 is 29.5 Å². The zero-order valence-corrected chi connectivity index (χ0v) is 15.8. The fraction of sp³-hybridized carbons (Fsp3) is 0.150. The summed E-state index contributed by atoms with van der Waals surface area (Å²) in [5, 5.41) is 1.17. The number of rotatable bonds is 7. The van der Waals surface area contributed by atoms with Gasteiger partial charge in [0.15, 0.2) is 18.1 Å². The molecule has 1 fully saturated rings. The van der Waals surface area contributed by atoms with Crippen LogP contribution in [0.3, 0.4) is 0 Å². The van der Waals surface area contributed by atoms with Gasteiger partial charge in [-0.3, -0.25) is 19.8 Å². The van der Waals surface area contributed by atoms with Crippen LogP contribution in [0.4, 0.5) is 5.69 Å². The number of hydrogen-bond acceptors (Lipinski definition) is 6. The van der Waals surface area contributed by atoms with Crippen molar-refractivity contribution in [3.05, 3.63) is 53.6 Å². The van der Waals surface area contributed by atoms with Crippen molar-refractivity contribution in [2.75, 3.05) is 25.8 Å². The summed E-state index contributed by atoms with van der Waals surface area (Å²) in [6.07, 6.45) is 1.42. The number of nitrogens with two attached hydrogens (primary N) is 1. The highest BCUT2D eigenvalue weighted by Crippen LogP contribution is 2.39. The molecule has 1 aliphatic heterocycles. The summed E-state index contributed by atoms with van der Waals surface area (Å²) in [5.41, 5.74) is 8.60. The van der Waals surface area contributed by atoms with E-state index in [-0.39, 0.29) is 29.4 Å². The van der Waals surface area contributed by atoms with Crippen LogP contribution in [0.1, 0.15) is 5.56 Å². The molecule has 3 amide bonds. The Morgan fingerprint density at radius 2 is 1.72 bits per heavy atom. The molecule has 0 bridgehead atoms. The van der Waals surface area contributed by atoms with E-state index in [2.05, 4.69) is 5.43 Å². The largest absolute Gasteiger partial charge is 0.493 e. The van der Waals surface area contributed by atoms with Crippen LogP contribution in [0.25, 0.3) is 6.08 Å². The molecule has 1 heterocycles. The molecule has 1 saturated heterocycles. The average molecular weight is 397 g/mol. The fourth-order valence-corrected chi connectivity index (χ4v) is 2.75. The molecule has 9 heteroatoms. The van der Waals surface area contributed by atoms with Crippen LogP contribution in [0.5, 0.6) is 17.2 Å². The van der Waals surface area contributed by atoms with Crippen molar-refractivity contribution in [1.82, 2.24) is 5.43 Å². The molecule has 0 unspecified atom stereocenters. The lowest BCUT2D eigenvalue weighted by Crippen LogP contribution is -2.35. The third kappa shape index (κ3) is 4.13. The Morgan fingerprint density at radius 1 is 1.10 bits per heavy atom. The SMILES string of the molecule is COc1cc(/C=C2/C(=O)NN(c3ccccc3)C2=O)cc(OC)c1OCC(N)=O. The van der Waals surface area contributed by atoms with Crippen molar-refractivity contribution in [3.63, 3.8) is 0 Å². The van der Waals surface area contributed by atoms with E-state index in [1.54, 1.807) is 36.4 Å². The zero-order valence-electron chi connectivity index (χ0n) is 15.8. The van der Waals surface area contributed by atoms with E-state index in [4.69, 9.17) is 19.9 Å². The summed E-state index contributed by atoms with van der Waals surface area (Å²) < 4.78 is 15.9. The van der Waals surface area contributed by atoms with E-state index >= 15 is 0 Å². The molecule has 29 heavy (non-hydrogen) atoms. The lowest BCUT2D eigenvalue weighted by Gasteiger charge is -2.15. The molecule has 2 aromatic carbocycles. The maximum Gasteiger partial charge on any atom is 0.282 e. The molecule has 150 valence electrons. The molecule has 0 aromatic heterocycles. The third-order valence-corrected chi connectivity index (χ3v) is 4.06. The van der Waals surface area contributed by atoms with E-state index in [1.807, 2.05) is 6.07 Å². The third-order valence-electron chi connectivity index (χ3n) is 4.06. The Bertz CT molecular complexity index is 962. The molecule has 3 rings (SSSR count). The molecule has 3 N–H and O–H groups in total. The van der Waals surface area contributed by atoms with Crippen LogP contribution in [0.2, 0.25) is 0 Å². The maximum absolute atomic E-state index is 12.7. The minimum atomic E-state index is -0.658. The van der Waals surface area contributed by atoms with E-state index in [0.29, 0.717) is 11.3 Å².